The Kier molecular flexibility index (Phi) is 4.69. The standard InChI is InChI=1S/C16H15F2N3O3S/c17-12-6-7-15(14(18)10-12)19-16(22)11-20-8-9-21(25(20,23)24)13-4-2-1-3-5-13/h1-7,10H,8-9,11H2,(H,19,22). The van der Waals surface area contributed by atoms with Crippen molar-refractivity contribution in [3.63, 3.8) is 0 Å². The molecule has 2 aromatic rings. The molecule has 1 saturated heterocycles. The van der Waals surface area contributed by atoms with Crippen molar-refractivity contribution in [3.8, 4) is 0 Å². The summed E-state index contributed by atoms with van der Waals surface area (Å²) in [6.07, 6.45) is 0. The Bertz CT molecular complexity index is 891. The molecule has 0 aromatic heterocycles. The number of nitrogens with one attached hydrogen (secondary N) is 1. The highest BCUT2D eigenvalue weighted by Crippen LogP contribution is 2.24. The number of anilines is 2. The molecule has 0 unspecified atom stereocenters. The summed E-state index contributed by atoms with van der Waals surface area (Å²) in [5.74, 6) is -2.40. The largest absolute Gasteiger partial charge is 0.322 e. The molecular weight excluding hydrogens is 352 g/mol. The van der Waals surface area contributed by atoms with Crippen molar-refractivity contribution in [1.82, 2.24) is 4.31 Å². The molecule has 1 amide bonds. The Morgan fingerprint density at radius 1 is 1.08 bits per heavy atom. The summed E-state index contributed by atoms with van der Waals surface area (Å²) in [4.78, 5) is 12.0. The fraction of sp³-hybridized carbons (Fsp3) is 0.188. The second kappa shape index (κ2) is 6.77. The second-order valence-corrected chi connectivity index (χ2v) is 7.27. The van der Waals surface area contributed by atoms with E-state index < -0.39 is 34.3 Å². The number of hydrogen-bond acceptors (Lipinski definition) is 3. The SMILES string of the molecule is O=C(CN1CCN(c2ccccc2)S1(=O)=O)Nc1ccc(F)cc1F. The van der Waals surface area contributed by atoms with Crippen LogP contribution < -0.4 is 9.62 Å². The van der Waals surface area contributed by atoms with Crippen molar-refractivity contribution in [2.24, 2.45) is 0 Å². The molecule has 1 N–H and O–H groups in total. The van der Waals surface area contributed by atoms with Crippen LogP contribution >= 0.6 is 0 Å². The first-order valence-corrected chi connectivity index (χ1v) is 8.85. The number of carbonyl (C=O) groups is 1. The number of halogens is 2. The number of amides is 1. The zero-order valence-corrected chi connectivity index (χ0v) is 13.8. The van der Waals surface area contributed by atoms with Gasteiger partial charge >= 0.3 is 10.2 Å². The van der Waals surface area contributed by atoms with Gasteiger partial charge in [0.05, 0.1) is 17.9 Å². The molecule has 0 atom stereocenters. The first-order chi connectivity index (χ1) is 11.9. The molecule has 25 heavy (non-hydrogen) atoms. The molecule has 2 aromatic carbocycles. The normalized spacial score (nSPS) is 16.8. The molecule has 0 radical (unpaired) electrons. The van der Waals surface area contributed by atoms with E-state index in [1.54, 1.807) is 30.3 Å². The lowest BCUT2D eigenvalue weighted by Gasteiger charge is -2.19. The molecule has 1 fully saturated rings. The lowest BCUT2D eigenvalue weighted by atomic mass is 10.3. The van der Waals surface area contributed by atoms with Gasteiger partial charge in [0, 0.05) is 19.2 Å². The van der Waals surface area contributed by atoms with Gasteiger partial charge in [-0.05, 0) is 24.3 Å². The van der Waals surface area contributed by atoms with Crippen molar-refractivity contribution in [2.75, 3.05) is 29.3 Å². The van der Waals surface area contributed by atoms with Gasteiger partial charge in [0.2, 0.25) is 5.91 Å². The van der Waals surface area contributed by atoms with Crippen LogP contribution in [0.3, 0.4) is 0 Å². The van der Waals surface area contributed by atoms with Gasteiger partial charge < -0.3 is 5.32 Å². The third-order valence-corrected chi connectivity index (χ3v) is 5.64. The zero-order valence-electron chi connectivity index (χ0n) is 13.0. The zero-order chi connectivity index (χ0) is 18.0. The van der Waals surface area contributed by atoms with E-state index in [2.05, 4.69) is 5.32 Å². The Morgan fingerprint density at radius 2 is 1.80 bits per heavy atom. The number of nitrogens with zero attached hydrogens (tertiary/aromatic N) is 2. The average molecular weight is 367 g/mol. The van der Waals surface area contributed by atoms with E-state index in [0.717, 1.165) is 16.4 Å². The van der Waals surface area contributed by atoms with Crippen molar-refractivity contribution < 1.29 is 22.0 Å². The number of carbonyl (C=O) groups excluding carboxylic acids is 1. The smallest absolute Gasteiger partial charge is 0.304 e. The number of benzene rings is 2. The minimum absolute atomic E-state index is 0.135. The van der Waals surface area contributed by atoms with Crippen LogP contribution in [0.5, 0.6) is 0 Å². The summed E-state index contributed by atoms with van der Waals surface area (Å²) in [5.41, 5.74) is 0.304. The van der Waals surface area contributed by atoms with Gasteiger partial charge in [-0.25, -0.2) is 8.78 Å². The highest BCUT2D eigenvalue weighted by Gasteiger charge is 2.37. The van der Waals surface area contributed by atoms with Crippen LogP contribution in [0.4, 0.5) is 20.2 Å². The van der Waals surface area contributed by atoms with Gasteiger partial charge in [-0.1, -0.05) is 18.2 Å². The Morgan fingerprint density at radius 3 is 2.48 bits per heavy atom. The van der Waals surface area contributed by atoms with E-state index in [-0.39, 0.29) is 18.8 Å². The second-order valence-electron chi connectivity index (χ2n) is 5.42. The lowest BCUT2D eigenvalue weighted by Crippen LogP contribution is -2.38. The van der Waals surface area contributed by atoms with Crippen LogP contribution in [0.1, 0.15) is 0 Å². The van der Waals surface area contributed by atoms with Crippen LogP contribution in [0.2, 0.25) is 0 Å². The van der Waals surface area contributed by atoms with E-state index in [1.807, 2.05) is 0 Å². The Labute approximate surface area is 143 Å². The molecule has 6 nitrogen and oxygen atoms in total. The van der Waals surface area contributed by atoms with E-state index in [0.29, 0.717) is 11.8 Å². The van der Waals surface area contributed by atoms with E-state index in [9.17, 15) is 22.0 Å². The third kappa shape index (κ3) is 3.62. The maximum atomic E-state index is 13.6. The maximum absolute atomic E-state index is 13.6. The highest BCUT2D eigenvalue weighted by molar-refractivity contribution is 7.90. The van der Waals surface area contributed by atoms with Gasteiger partial charge in [-0.3, -0.25) is 9.10 Å². The number of para-hydroxylation sites is 1. The van der Waals surface area contributed by atoms with Gasteiger partial charge in [-0.15, -0.1) is 0 Å². The molecule has 3 rings (SSSR count). The highest BCUT2D eigenvalue weighted by atomic mass is 32.2. The molecule has 1 aliphatic rings. The molecule has 0 aliphatic carbocycles. The maximum Gasteiger partial charge on any atom is 0.304 e. The van der Waals surface area contributed by atoms with E-state index in [4.69, 9.17) is 0 Å². The molecule has 1 aliphatic heterocycles. The quantitative estimate of drug-likeness (QED) is 0.898. The molecular formula is C16H15F2N3O3S. The summed E-state index contributed by atoms with van der Waals surface area (Å²) in [6.45, 7) is -0.108. The van der Waals surface area contributed by atoms with E-state index in [1.165, 1.54) is 4.31 Å². The van der Waals surface area contributed by atoms with E-state index >= 15 is 0 Å². The molecule has 132 valence electrons. The minimum atomic E-state index is -3.83. The number of rotatable bonds is 4. The summed E-state index contributed by atoms with van der Waals surface area (Å²) in [5, 5.41) is 2.25. The number of hydrogen-bond donors (Lipinski definition) is 1. The summed E-state index contributed by atoms with van der Waals surface area (Å²) in [7, 11) is -3.83. The summed E-state index contributed by atoms with van der Waals surface area (Å²) < 4.78 is 53.7. The predicted octanol–water partition coefficient (Wildman–Crippen LogP) is 1.97. The van der Waals surface area contributed by atoms with Crippen LogP contribution in [0.15, 0.2) is 48.5 Å². The fourth-order valence-corrected chi connectivity index (χ4v) is 4.10. The molecule has 1 heterocycles. The lowest BCUT2D eigenvalue weighted by molar-refractivity contribution is -0.116. The fourth-order valence-electron chi connectivity index (χ4n) is 2.53. The van der Waals surface area contributed by atoms with Crippen molar-refractivity contribution in [3.05, 3.63) is 60.2 Å². The monoisotopic (exact) mass is 367 g/mol. The Balaban J connectivity index is 1.70. The van der Waals surface area contributed by atoms with Crippen molar-refractivity contribution in [1.29, 1.82) is 0 Å². The minimum Gasteiger partial charge on any atom is -0.322 e. The van der Waals surface area contributed by atoms with Crippen LogP contribution in [0.25, 0.3) is 0 Å². The first kappa shape index (κ1) is 17.3. The molecule has 0 bridgehead atoms. The van der Waals surface area contributed by atoms with Gasteiger partial charge in [-0.2, -0.15) is 12.7 Å². The predicted molar refractivity (Wildman–Crippen MR) is 89.3 cm³/mol. The molecule has 0 spiro atoms. The third-order valence-electron chi connectivity index (χ3n) is 3.73. The van der Waals surface area contributed by atoms with Gasteiger partial charge in [0.1, 0.15) is 11.6 Å². The van der Waals surface area contributed by atoms with Gasteiger partial charge in [0.25, 0.3) is 0 Å². The molecule has 9 heteroatoms. The first-order valence-electron chi connectivity index (χ1n) is 7.46. The van der Waals surface area contributed by atoms with Crippen LogP contribution in [-0.2, 0) is 15.0 Å². The van der Waals surface area contributed by atoms with Crippen molar-refractivity contribution >= 4 is 27.5 Å². The Hall–Kier alpha value is -2.52. The summed E-state index contributed by atoms with van der Waals surface area (Å²) in [6, 6.07) is 11.3. The molecule has 0 saturated carbocycles. The topological polar surface area (TPSA) is 69.7 Å². The van der Waals surface area contributed by atoms with Crippen molar-refractivity contribution in [2.45, 2.75) is 0 Å². The van der Waals surface area contributed by atoms with Crippen LogP contribution in [-0.4, -0.2) is 38.3 Å². The van der Waals surface area contributed by atoms with Crippen LogP contribution in [0, 0.1) is 11.6 Å². The summed E-state index contributed by atoms with van der Waals surface area (Å²) >= 11 is 0. The van der Waals surface area contributed by atoms with Gasteiger partial charge in [0.15, 0.2) is 0 Å². The average Bonchev–Trinajstić information content (AvgIpc) is 2.85.